The molecule has 1 atom stereocenters. The maximum atomic E-state index is 13.2. The number of rotatable bonds is 6. The lowest BCUT2D eigenvalue weighted by molar-refractivity contribution is 0.0324. The predicted molar refractivity (Wildman–Crippen MR) is 84.1 cm³/mol. The molecule has 6 heteroatoms. The maximum Gasteiger partial charge on any atom is 0.145 e. The third-order valence-corrected chi connectivity index (χ3v) is 4.30. The van der Waals surface area contributed by atoms with Crippen molar-refractivity contribution in [1.82, 2.24) is 0 Å². The van der Waals surface area contributed by atoms with Crippen molar-refractivity contribution in [1.29, 1.82) is 0 Å². The Balaban J connectivity index is 1.52. The molecule has 1 unspecified atom stereocenters. The second-order valence-corrected chi connectivity index (χ2v) is 6.19. The van der Waals surface area contributed by atoms with E-state index in [1.54, 1.807) is 17.4 Å². The molecule has 0 bridgehead atoms. The first-order chi connectivity index (χ1) is 10.7. The number of hydrogen-bond donors (Lipinski definition) is 1. The monoisotopic (exact) mass is 323 g/mol. The Morgan fingerprint density at radius 3 is 3.14 bits per heavy atom. The standard InChI is InChI=1S/C16H18FNO3S/c17-12-3-4-15-16(8-12)21-6-5-18(15)9-13(19)10-20-11-14-2-1-7-22-14/h1-4,7-8,13,19H,5-6,9-11H2. The summed E-state index contributed by atoms with van der Waals surface area (Å²) in [5.74, 6) is 0.207. The van der Waals surface area contributed by atoms with Gasteiger partial charge >= 0.3 is 0 Å². The van der Waals surface area contributed by atoms with Crippen molar-refractivity contribution in [3.63, 3.8) is 0 Å². The van der Waals surface area contributed by atoms with Gasteiger partial charge in [-0.1, -0.05) is 6.07 Å². The maximum absolute atomic E-state index is 13.2. The van der Waals surface area contributed by atoms with Crippen LogP contribution in [0.15, 0.2) is 35.7 Å². The molecule has 4 nitrogen and oxygen atoms in total. The quantitative estimate of drug-likeness (QED) is 0.887. The van der Waals surface area contributed by atoms with E-state index in [4.69, 9.17) is 9.47 Å². The van der Waals surface area contributed by atoms with Gasteiger partial charge in [0.05, 0.1) is 31.5 Å². The fourth-order valence-corrected chi connectivity index (χ4v) is 3.08. The Labute approximate surface area is 132 Å². The van der Waals surface area contributed by atoms with Crippen molar-refractivity contribution < 1.29 is 19.0 Å². The van der Waals surface area contributed by atoms with Crippen LogP contribution < -0.4 is 9.64 Å². The van der Waals surface area contributed by atoms with E-state index in [1.807, 2.05) is 22.4 Å². The zero-order valence-electron chi connectivity index (χ0n) is 12.1. The van der Waals surface area contributed by atoms with Crippen LogP contribution in [0.4, 0.5) is 10.1 Å². The fourth-order valence-electron chi connectivity index (χ4n) is 2.44. The molecular weight excluding hydrogens is 305 g/mol. The number of ether oxygens (including phenoxy) is 2. The minimum absolute atomic E-state index is 0.270. The van der Waals surface area contributed by atoms with E-state index in [-0.39, 0.29) is 12.4 Å². The molecule has 0 radical (unpaired) electrons. The third kappa shape index (κ3) is 3.76. The van der Waals surface area contributed by atoms with E-state index in [1.165, 1.54) is 12.1 Å². The first-order valence-corrected chi connectivity index (χ1v) is 8.06. The topological polar surface area (TPSA) is 41.9 Å². The molecular formula is C16H18FNO3S. The van der Waals surface area contributed by atoms with Crippen molar-refractivity contribution in [3.8, 4) is 5.75 Å². The average molecular weight is 323 g/mol. The Morgan fingerprint density at radius 2 is 2.32 bits per heavy atom. The SMILES string of the molecule is OC(COCc1cccs1)CN1CCOc2cc(F)ccc21. The lowest BCUT2D eigenvalue weighted by Gasteiger charge is -2.32. The highest BCUT2D eigenvalue weighted by molar-refractivity contribution is 7.09. The van der Waals surface area contributed by atoms with E-state index in [0.717, 1.165) is 10.6 Å². The van der Waals surface area contributed by atoms with E-state index in [9.17, 15) is 9.50 Å². The largest absolute Gasteiger partial charge is 0.489 e. The van der Waals surface area contributed by atoms with Crippen LogP contribution in [0, 0.1) is 5.82 Å². The summed E-state index contributed by atoms with van der Waals surface area (Å²) in [7, 11) is 0. The van der Waals surface area contributed by atoms with Crippen LogP contribution in [-0.2, 0) is 11.3 Å². The fraction of sp³-hybridized carbons (Fsp3) is 0.375. The Morgan fingerprint density at radius 1 is 1.41 bits per heavy atom. The van der Waals surface area contributed by atoms with Gasteiger partial charge in [-0.25, -0.2) is 4.39 Å². The lowest BCUT2D eigenvalue weighted by Crippen LogP contribution is -2.40. The van der Waals surface area contributed by atoms with Gasteiger partial charge in [0.15, 0.2) is 0 Å². The number of benzene rings is 1. The number of thiophene rings is 1. The van der Waals surface area contributed by atoms with Crippen LogP contribution in [0.3, 0.4) is 0 Å². The summed E-state index contributed by atoms with van der Waals surface area (Å²) in [5.41, 5.74) is 0.810. The van der Waals surface area contributed by atoms with Gasteiger partial charge in [0.1, 0.15) is 18.2 Å². The smallest absolute Gasteiger partial charge is 0.145 e. The van der Waals surface area contributed by atoms with Crippen molar-refractivity contribution in [2.45, 2.75) is 12.7 Å². The van der Waals surface area contributed by atoms with Crippen LogP contribution in [0.1, 0.15) is 4.88 Å². The molecule has 0 spiro atoms. The zero-order chi connectivity index (χ0) is 15.4. The number of fused-ring (bicyclic) bond motifs is 1. The highest BCUT2D eigenvalue weighted by atomic mass is 32.1. The Kier molecular flexibility index (Phi) is 4.92. The highest BCUT2D eigenvalue weighted by Gasteiger charge is 2.21. The van der Waals surface area contributed by atoms with E-state index < -0.39 is 6.10 Å². The summed E-state index contributed by atoms with van der Waals surface area (Å²) in [6, 6.07) is 8.44. The van der Waals surface area contributed by atoms with Crippen molar-refractivity contribution in [2.24, 2.45) is 0 Å². The van der Waals surface area contributed by atoms with Gasteiger partial charge in [0.25, 0.3) is 0 Å². The summed E-state index contributed by atoms with van der Waals surface area (Å²) in [6.07, 6.45) is -0.601. The number of hydrogen-bond acceptors (Lipinski definition) is 5. The number of halogens is 1. The molecule has 2 aromatic rings. The molecule has 22 heavy (non-hydrogen) atoms. The number of aliphatic hydroxyl groups is 1. The summed E-state index contributed by atoms with van der Waals surface area (Å²) in [4.78, 5) is 3.14. The van der Waals surface area contributed by atoms with Gasteiger partial charge in [-0.2, -0.15) is 0 Å². The molecule has 1 N–H and O–H groups in total. The van der Waals surface area contributed by atoms with Crippen LogP contribution in [-0.4, -0.2) is 37.5 Å². The lowest BCUT2D eigenvalue weighted by atomic mass is 10.2. The molecule has 1 aromatic carbocycles. The van der Waals surface area contributed by atoms with Crippen LogP contribution in [0.5, 0.6) is 5.75 Å². The molecule has 118 valence electrons. The van der Waals surface area contributed by atoms with Gasteiger partial charge in [-0.3, -0.25) is 0 Å². The second-order valence-electron chi connectivity index (χ2n) is 5.15. The molecule has 1 aromatic heterocycles. The van der Waals surface area contributed by atoms with Gasteiger partial charge in [-0.05, 0) is 23.6 Å². The summed E-state index contributed by atoms with van der Waals surface area (Å²) in [5, 5.41) is 12.1. The van der Waals surface area contributed by atoms with Crippen molar-refractivity contribution in [3.05, 3.63) is 46.4 Å². The highest BCUT2D eigenvalue weighted by Crippen LogP contribution is 2.32. The number of nitrogens with zero attached hydrogens (tertiary/aromatic N) is 1. The van der Waals surface area contributed by atoms with E-state index in [0.29, 0.717) is 32.1 Å². The Hall–Kier alpha value is -1.63. The first kappa shape index (κ1) is 15.3. The van der Waals surface area contributed by atoms with Crippen LogP contribution in [0.2, 0.25) is 0 Å². The molecule has 1 aliphatic rings. The normalized spacial score (nSPS) is 15.3. The number of aliphatic hydroxyl groups excluding tert-OH is 1. The molecule has 0 aliphatic carbocycles. The molecule has 0 saturated heterocycles. The van der Waals surface area contributed by atoms with Crippen molar-refractivity contribution >= 4 is 17.0 Å². The molecule has 3 rings (SSSR count). The molecule has 0 saturated carbocycles. The second kappa shape index (κ2) is 7.09. The van der Waals surface area contributed by atoms with Crippen LogP contribution >= 0.6 is 11.3 Å². The summed E-state index contributed by atoms with van der Waals surface area (Å²) >= 11 is 1.63. The molecule has 0 fully saturated rings. The van der Waals surface area contributed by atoms with Gasteiger partial charge in [-0.15, -0.1) is 11.3 Å². The van der Waals surface area contributed by atoms with Gasteiger partial charge in [0.2, 0.25) is 0 Å². The summed E-state index contributed by atoms with van der Waals surface area (Å²) < 4.78 is 24.2. The minimum atomic E-state index is -0.601. The number of β-amino-alcohol motifs (C(OH)–C–C–N with tert-alkyl or cyclic N) is 1. The van der Waals surface area contributed by atoms with Gasteiger partial charge < -0.3 is 19.5 Å². The Bertz CT molecular complexity index is 605. The first-order valence-electron chi connectivity index (χ1n) is 7.18. The predicted octanol–water partition coefficient (Wildman–Crippen LogP) is 2.66. The van der Waals surface area contributed by atoms with Gasteiger partial charge in [0, 0.05) is 17.5 Å². The van der Waals surface area contributed by atoms with E-state index in [2.05, 4.69) is 0 Å². The minimum Gasteiger partial charge on any atom is -0.489 e. The average Bonchev–Trinajstić information content (AvgIpc) is 3.00. The molecule has 2 heterocycles. The molecule has 1 aliphatic heterocycles. The van der Waals surface area contributed by atoms with E-state index >= 15 is 0 Å². The third-order valence-electron chi connectivity index (χ3n) is 3.45. The molecule has 0 amide bonds. The van der Waals surface area contributed by atoms with Crippen molar-refractivity contribution in [2.75, 3.05) is 31.2 Å². The summed E-state index contributed by atoms with van der Waals surface area (Å²) in [6.45, 7) is 2.37. The van der Waals surface area contributed by atoms with Crippen LogP contribution in [0.25, 0.3) is 0 Å². The number of anilines is 1. The zero-order valence-corrected chi connectivity index (χ0v) is 12.9.